The third kappa shape index (κ3) is 3.21. The molecule has 0 spiro atoms. The number of rotatable bonds is 2. The molecule has 5 rings (SSSR count). The van der Waals surface area contributed by atoms with Crippen molar-refractivity contribution in [3.8, 4) is 28.0 Å². The lowest BCUT2D eigenvalue weighted by Crippen LogP contribution is -2.41. The van der Waals surface area contributed by atoms with E-state index in [0.717, 1.165) is 16.8 Å². The molecule has 4 heteroatoms. The standard InChI is InChI=1S/C27H29BO3/c1-25(2)22-12-9-11-20(24(22)21-10-7-8-13-23(21)29-25)18-14-16-19(17-15-18)28-30-26(3,4)27(5,6)31-28/h7-17H,1-6H3. The SMILES string of the molecule is CC1(C)Oc2ccccc2-c2c(-c3ccc(B4OC(C)(C)C(C)(C)O4)cc3)cccc21. The molecule has 0 unspecified atom stereocenters. The van der Waals surface area contributed by atoms with Gasteiger partial charge in [-0.3, -0.25) is 0 Å². The average molecular weight is 412 g/mol. The Labute approximate surface area is 185 Å². The first-order chi connectivity index (χ1) is 14.6. The van der Waals surface area contributed by atoms with E-state index in [2.05, 4.69) is 102 Å². The quantitative estimate of drug-likeness (QED) is 0.487. The predicted octanol–water partition coefficient (Wildman–Crippen LogP) is 5.95. The van der Waals surface area contributed by atoms with Crippen molar-refractivity contribution < 1.29 is 14.0 Å². The molecule has 2 heterocycles. The summed E-state index contributed by atoms with van der Waals surface area (Å²) in [6.07, 6.45) is 0. The maximum absolute atomic E-state index is 6.33. The molecule has 3 aromatic carbocycles. The van der Waals surface area contributed by atoms with Crippen LogP contribution in [-0.4, -0.2) is 18.3 Å². The van der Waals surface area contributed by atoms with E-state index in [1.165, 1.54) is 22.3 Å². The molecule has 3 aromatic rings. The molecule has 0 bridgehead atoms. The Morgan fingerprint density at radius 2 is 1.26 bits per heavy atom. The summed E-state index contributed by atoms with van der Waals surface area (Å²) in [6.45, 7) is 12.6. The number of fused-ring (bicyclic) bond motifs is 3. The van der Waals surface area contributed by atoms with Crippen LogP contribution in [0.25, 0.3) is 22.3 Å². The molecule has 0 radical (unpaired) electrons. The molecule has 0 amide bonds. The summed E-state index contributed by atoms with van der Waals surface area (Å²) in [5.74, 6) is 0.932. The zero-order chi connectivity index (χ0) is 22.0. The lowest BCUT2D eigenvalue weighted by molar-refractivity contribution is 0.00578. The van der Waals surface area contributed by atoms with E-state index in [1.807, 2.05) is 6.07 Å². The zero-order valence-corrected chi connectivity index (χ0v) is 19.2. The van der Waals surface area contributed by atoms with Gasteiger partial charge in [-0.15, -0.1) is 0 Å². The van der Waals surface area contributed by atoms with E-state index in [0.29, 0.717) is 0 Å². The molecule has 2 aliphatic rings. The van der Waals surface area contributed by atoms with Crippen molar-refractivity contribution in [1.29, 1.82) is 0 Å². The van der Waals surface area contributed by atoms with Crippen LogP contribution in [0, 0.1) is 0 Å². The van der Waals surface area contributed by atoms with Crippen molar-refractivity contribution in [3.63, 3.8) is 0 Å². The molecule has 31 heavy (non-hydrogen) atoms. The molecule has 158 valence electrons. The fourth-order valence-corrected chi connectivity index (χ4v) is 4.48. The maximum atomic E-state index is 6.33. The van der Waals surface area contributed by atoms with E-state index in [-0.39, 0.29) is 23.9 Å². The van der Waals surface area contributed by atoms with E-state index < -0.39 is 0 Å². The highest BCUT2D eigenvalue weighted by atomic mass is 16.7. The molecule has 2 aliphatic heterocycles. The van der Waals surface area contributed by atoms with Gasteiger partial charge in [0.25, 0.3) is 0 Å². The second-order valence-electron chi connectivity index (χ2n) is 10.0. The average Bonchev–Trinajstić information content (AvgIpc) is 2.94. The third-order valence-corrected chi connectivity index (χ3v) is 6.98. The maximum Gasteiger partial charge on any atom is 0.494 e. The first-order valence-electron chi connectivity index (χ1n) is 11.0. The smallest absolute Gasteiger partial charge is 0.482 e. The minimum atomic E-state index is -0.387. The van der Waals surface area contributed by atoms with Crippen molar-refractivity contribution in [3.05, 3.63) is 72.3 Å². The molecule has 1 saturated heterocycles. The highest BCUT2D eigenvalue weighted by Gasteiger charge is 2.51. The summed E-state index contributed by atoms with van der Waals surface area (Å²) in [4.78, 5) is 0. The monoisotopic (exact) mass is 412 g/mol. The summed E-state index contributed by atoms with van der Waals surface area (Å²) in [6, 6.07) is 23.4. The van der Waals surface area contributed by atoms with E-state index in [4.69, 9.17) is 14.0 Å². The van der Waals surface area contributed by atoms with Gasteiger partial charge in [0.2, 0.25) is 0 Å². The Hall–Kier alpha value is -2.56. The van der Waals surface area contributed by atoms with Crippen molar-refractivity contribution in [2.75, 3.05) is 0 Å². The van der Waals surface area contributed by atoms with Crippen molar-refractivity contribution in [2.24, 2.45) is 0 Å². The second-order valence-corrected chi connectivity index (χ2v) is 10.0. The van der Waals surface area contributed by atoms with Crippen LogP contribution in [-0.2, 0) is 14.9 Å². The zero-order valence-electron chi connectivity index (χ0n) is 19.2. The van der Waals surface area contributed by atoms with Crippen LogP contribution in [0.4, 0.5) is 0 Å². The van der Waals surface area contributed by atoms with Crippen LogP contribution < -0.4 is 10.2 Å². The number of benzene rings is 3. The number of hydrogen-bond acceptors (Lipinski definition) is 3. The lowest BCUT2D eigenvalue weighted by Gasteiger charge is -2.36. The Morgan fingerprint density at radius 3 is 1.94 bits per heavy atom. The molecule has 0 N–H and O–H groups in total. The minimum Gasteiger partial charge on any atom is -0.482 e. The van der Waals surface area contributed by atoms with E-state index in [1.54, 1.807) is 0 Å². The number of para-hydroxylation sites is 1. The molecule has 0 saturated carbocycles. The van der Waals surface area contributed by atoms with Gasteiger partial charge < -0.3 is 14.0 Å². The highest BCUT2D eigenvalue weighted by Crippen LogP contribution is 2.48. The molecule has 3 nitrogen and oxygen atoms in total. The first kappa shape index (κ1) is 20.4. The van der Waals surface area contributed by atoms with Gasteiger partial charge in [-0.2, -0.15) is 0 Å². The van der Waals surface area contributed by atoms with E-state index in [9.17, 15) is 0 Å². The van der Waals surface area contributed by atoms with Gasteiger partial charge >= 0.3 is 7.12 Å². The second kappa shape index (κ2) is 6.72. The number of ether oxygens (including phenoxy) is 1. The Bertz CT molecular complexity index is 1130. The fourth-order valence-electron chi connectivity index (χ4n) is 4.48. The van der Waals surface area contributed by atoms with Crippen molar-refractivity contribution in [1.82, 2.24) is 0 Å². The normalized spacial score (nSPS) is 20.0. The van der Waals surface area contributed by atoms with Crippen LogP contribution in [0.1, 0.15) is 47.1 Å². The molecular weight excluding hydrogens is 383 g/mol. The lowest BCUT2D eigenvalue weighted by atomic mass is 9.77. The van der Waals surface area contributed by atoms with Gasteiger partial charge in [-0.1, -0.05) is 60.7 Å². The molecule has 0 atom stereocenters. The third-order valence-electron chi connectivity index (χ3n) is 6.98. The summed E-state index contributed by atoms with van der Waals surface area (Å²) in [5, 5.41) is 0. The number of hydrogen-bond donors (Lipinski definition) is 0. The first-order valence-corrected chi connectivity index (χ1v) is 11.0. The van der Waals surface area contributed by atoms with Gasteiger partial charge in [-0.25, -0.2) is 0 Å². The van der Waals surface area contributed by atoms with Crippen LogP contribution >= 0.6 is 0 Å². The van der Waals surface area contributed by atoms with Crippen LogP contribution in [0.3, 0.4) is 0 Å². The molecule has 1 fully saturated rings. The van der Waals surface area contributed by atoms with Crippen molar-refractivity contribution in [2.45, 2.75) is 58.3 Å². The Balaban J connectivity index is 1.56. The van der Waals surface area contributed by atoms with Crippen molar-refractivity contribution >= 4 is 12.6 Å². The molecular formula is C27H29BO3. The summed E-state index contributed by atoms with van der Waals surface area (Å²) < 4.78 is 18.8. The van der Waals surface area contributed by atoms with Gasteiger partial charge in [0.1, 0.15) is 11.4 Å². The summed E-state index contributed by atoms with van der Waals surface area (Å²) in [5.41, 5.74) is 5.94. The van der Waals surface area contributed by atoms with Crippen LogP contribution in [0.15, 0.2) is 66.7 Å². The van der Waals surface area contributed by atoms with Gasteiger partial charge in [0.05, 0.1) is 11.2 Å². The Kier molecular flexibility index (Phi) is 4.41. The summed E-state index contributed by atoms with van der Waals surface area (Å²) >= 11 is 0. The van der Waals surface area contributed by atoms with Gasteiger partial charge in [0.15, 0.2) is 0 Å². The molecule has 0 aliphatic carbocycles. The highest BCUT2D eigenvalue weighted by molar-refractivity contribution is 6.62. The topological polar surface area (TPSA) is 27.7 Å². The van der Waals surface area contributed by atoms with Gasteiger partial charge in [0, 0.05) is 16.7 Å². The summed E-state index contributed by atoms with van der Waals surface area (Å²) in [7, 11) is -0.350. The van der Waals surface area contributed by atoms with Crippen LogP contribution in [0.5, 0.6) is 5.75 Å². The Morgan fingerprint density at radius 1 is 0.645 bits per heavy atom. The molecule has 0 aromatic heterocycles. The fraction of sp³-hybridized carbons (Fsp3) is 0.333. The van der Waals surface area contributed by atoms with Gasteiger partial charge in [-0.05, 0) is 64.2 Å². The van der Waals surface area contributed by atoms with Crippen LogP contribution in [0.2, 0.25) is 0 Å². The largest absolute Gasteiger partial charge is 0.494 e. The predicted molar refractivity (Wildman–Crippen MR) is 127 cm³/mol. The minimum absolute atomic E-state index is 0.343. The van der Waals surface area contributed by atoms with E-state index >= 15 is 0 Å².